The van der Waals surface area contributed by atoms with Crippen LogP contribution in [-0.4, -0.2) is 110 Å². The number of nitroso groups, excluding NO2 is 1. The number of hydrogen-bond donors (Lipinski definition) is 5. The molecule has 1 saturated heterocycles. The Balaban J connectivity index is 3.09. The van der Waals surface area contributed by atoms with Gasteiger partial charge in [0.15, 0.2) is 12.5 Å². The highest BCUT2D eigenvalue weighted by atomic mass is 35.5. The van der Waals surface area contributed by atoms with Gasteiger partial charge >= 0.3 is 6.03 Å². The van der Waals surface area contributed by atoms with Crippen molar-refractivity contribution < 1.29 is 39.8 Å². The van der Waals surface area contributed by atoms with Gasteiger partial charge in [-0.2, -0.15) is 5.01 Å². The molecule has 1 aliphatic rings. The maximum Gasteiger partial charge on any atom is 0.345 e. The molecule has 0 radical (unpaired) electrons. The molecule has 0 aliphatic carbocycles. The summed E-state index contributed by atoms with van der Waals surface area (Å²) in [7, 11) is 0. The van der Waals surface area contributed by atoms with Crippen LogP contribution in [0.1, 0.15) is 20.8 Å². The van der Waals surface area contributed by atoms with Crippen LogP contribution in [0.4, 0.5) is 4.79 Å². The van der Waals surface area contributed by atoms with Crippen molar-refractivity contribution in [2.24, 2.45) is 11.2 Å². The monoisotopic (exact) mass is 443 g/mol. The third-order valence-electron chi connectivity index (χ3n) is 4.14. The molecule has 0 aromatic rings. The molecule has 5 N–H and O–H groups in total. The second-order valence-electron chi connectivity index (χ2n) is 7.26. The summed E-state index contributed by atoms with van der Waals surface area (Å²) in [5.74, 6) is -0.0523. The Labute approximate surface area is 173 Å². The Hall–Kier alpha value is -1.12. The first-order chi connectivity index (χ1) is 13.5. The zero-order chi connectivity index (χ0) is 22.3. The fourth-order valence-electron chi connectivity index (χ4n) is 2.71. The van der Waals surface area contributed by atoms with E-state index in [2.05, 4.69) is 5.29 Å². The van der Waals surface area contributed by atoms with Crippen LogP contribution in [0.3, 0.4) is 0 Å². The van der Waals surface area contributed by atoms with Crippen molar-refractivity contribution in [1.29, 1.82) is 0 Å². The van der Waals surface area contributed by atoms with Gasteiger partial charge in [-0.05, 0) is 12.8 Å². The summed E-state index contributed by atoms with van der Waals surface area (Å²) in [5.41, 5.74) is 0. The molecule has 1 heterocycles. The SMILES string of the molecule is CC(C)CO[C@@H]1O[C@H](C(O)N(CC(C)O)C(=O)N(CCCl)N=O)[C@@H](O)[C@H](O)[C@H]1O. The fraction of sp³-hybridized carbons (Fsp3) is 0.938. The molecule has 170 valence electrons. The van der Waals surface area contributed by atoms with E-state index in [1.165, 1.54) is 6.92 Å². The summed E-state index contributed by atoms with van der Waals surface area (Å²) in [6.45, 7) is 4.46. The van der Waals surface area contributed by atoms with Gasteiger partial charge in [-0.3, -0.25) is 4.90 Å². The van der Waals surface area contributed by atoms with Crippen LogP contribution in [-0.2, 0) is 9.47 Å². The Morgan fingerprint density at radius 2 is 1.79 bits per heavy atom. The van der Waals surface area contributed by atoms with Gasteiger partial charge in [-0.25, -0.2) is 4.79 Å². The van der Waals surface area contributed by atoms with Crippen molar-refractivity contribution in [2.45, 2.75) is 63.8 Å². The van der Waals surface area contributed by atoms with Gasteiger partial charge in [0.25, 0.3) is 0 Å². The van der Waals surface area contributed by atoms with E-state index in [-0.39, 0.29) is 24.9 Å². The molecule has 1 aliphatic heterocycles. The van der Waals surface area contributed by atoms with Crippen LogP contribution in [0.2, 0.25) is 0 Å². The molecule has 2 amide bonds. The number of halogens is 1. The molecule has 0 spiro atoms. The predicted molar refractivity (Wildman–Crippen MR) is 100 cm³/mol. The minimum absolute atomic E-state index is 0.0641. The number of hydrogen-bond acceptors (Lipinski definition) is 10. The van der Waals surface area contributed by atoms with E-state index in [0.29, 0.717) is 9.91 Å². The number of carbonyl (C=O) groups is 1. The molecule has 29 heavy (non-hydrogen) atoms. The number of alkyl halides is 1. The molecular formula is C16H30ClN3O9. The first-order valence-electron chi connectivity index (χ1n) is 9.19. The lowest BCUT2D eigenvalue weighted by Crippen LogP contribution is -2.65. The fourth-order valence-corrected chi connectivity index (χ4v) is 2.87. The van der Waals surface area contributed by atoms with E-state index in [1.54, 1.807) is 0 Å². The number of nitrogens with zero attached hydrogens (tertiary/aromatic N) is 3. The van der Waals surface area contributed by atoms with Gasteiger partial charge in [-0.15, -0.1) is 16.5 Å². The first-order valence-corrected chi connectivity index (χ1v) is 9.73. The Morgan fingerprint density at radius 3 is 2.28 bits per heavy atom. The predicted octanol–water partition coefficient (Wildman–Crippen LogP) is -1.19. The number of rotatable bonds is 10. The zero-order valence-electron chi connectivity index (χ0n) is 16.5. The third-order valence-corrected chi connectivity index (χ3v) is 4.30. The quantitative estimate of drug-likeness (QED) is 0.120. The Morgan fingerprint density at radius 1 is 1.17 bits per heavy atom. The molecule has 1 rings (SSSR count). The molecule has 0 bridgehead atoms. The largest absolute Gasteiger partial charge is 0.392 e. The first kappa shape index (κ1) is 25.9. The minimum atomic E-state index is -1.92. The van der Waals surface area contributed by atoms with E-state index in [0.717, 1.165) is 0 Å². The molecule has 13 heteroatoms. The summed E-state index contributed by atoms with van der Waals surface area (Å²) >= 11 is 5.53. The Bertz CT molecular complexity index is 528. The summed E-state index contributed by atoms with van der Waals surface area (Å²) in [4.78, 5) is 24.2. The van der Waals surface area contributed by atoms with Crippen molar-refractivity contribution in [3.05, 3.63) is 4.91 Å². The van der Waals surface area contributed by atoms with Crippen molar-refractivity contribution in [2.75, 3.05) is 25.6 Å². The van der Waals surface area contributed by atoms with E-state index in [4.69, 9.17) is 21.1 Å². The molecule has 7 atom stereocenters. The number of aliphatic hydroxyl groups is 5. The summed E-state index contributed by atoms with van der Waals surface area (Å²) < 4.78 is 10.8. The highest BCUT2D eigenvalue weighted by molar-refractivity contribution is 6.18. The van der Waals surface area contributed by atoms with Crippen LogP contribution in [0, 0.1) is 10.8 Å². The average molecular weight is 444 g/mol. The van der Waals surface area contributed by atoms with Gasteiger partial charge in [0.1, 0.15) is 24.4 Å². The maximum absolute atomic E-state index is 12.6. The van der Waals surface area contributed by atoms with Crippen LogP contribution < -0.4 is 0 Å². The van der Waals surface area contributed by atoms with Crippen LogP contribution in [0.5, 0.6) is 0 Å². The van der Waals surface area contributed by atoms with E-state index in [1.807, 2.05) is 13.8 Å². The van der Waals surface area contributed by atoms with Gasteiger partial charge in [-0.1, -0.05) is 13.8 Å². The van der Waals surface area contributed by atoms with Crippen molar-refractivity contribution >= 4 is 17.6 Å². The number of amides is 2. The molecule has 0 saturated carbocycles. The van der Waals surface area contributed by atoms with Crippen LogP contribution in [0.15, 0.2) is 5.29 Å². The summed E-state index contributed by atoms with van der Waals surface area (Å²) in [6, 6.07) is -1.09. The smallest absolute Gasteiger partial charge is 0.345 e. The van der Waals surface area contributed by atoms with Crippen LogP contribution in [0.25, 0.3) is 0 Å². The summed E-state index contributed by atoms with van der Waals surface area (Å²) in [6.07, 6.45) is -11.2. The lowest BCUT2D eigenvalue weighted by molar-refractivity contribution is -0.320. The standard InChI is InChI=1S/C16H30ClN3O9/c1-8(2)7-28-15-12(24)10(22)11(23)13(29-15)14(25)19(6-9(3)21)16(26)20(18-27)5-4-17/h8-15,21-25H,4-7H2,1-3H3/t9?,10-,11-,12+,13-,14?,15+/m0/s1. The molecule has 2 unspecified atom stereocenters. The average Bonchev–Trinajstić information content (AvgIpc) is 2.66. The highest BCUT2D eigenvalue weighted by Crippen LogP contribution is 2.26. The third kappa shape index (κ3) is 6.96. The van der Waals surface area contributed by atoms with Gasteiger partial charge in [0.2, 0.25) is 0 Å². The molecule has 1 fully saturated rings. The van der Waals surface area contributed by atoms with E-state index in [9.17, 15) is 35.2 Å². The van der Waals surface area contributed by atoms with Gasteiger partial charge in [0, 0.05) is 5.88 Å². The van der Waals surface area contributed by atoms with Crippen molar-refractivity contribution in [3.63, 3.8) is 0 Å². The highest BCUT2D eigenvalue weighted by Gasteiger charge is 2.49. The maximum atomic E-state index is 12.6. The van der Waals surface area contributed by atoms with Gasteiger partial charge < -0.3 is 35.0 Å². The van der Waals surface area contributed by atoms with E-state index < -0.39 is 55.6 Å². The Kier molecular flexibility index (Phi) is 10.6. The summed E-state index contributed by atoms with van der Waals surface area (Å²) in [5, 5.41) is 53.8. The van der Waals surface area contributed by atoms with Crippen molar-refractivity contribution in [3.8, 4) is 0 Å². The number of aliphatic hydroxyl groups excluding tert-OH is 5. The van der Waals surface area contributed by atoms with Crippen LogP contribution >= 0.6 is 11.6 Å². The van der Waals surface area contributed by atoms with E-state index >= 15 is 0 Å². The number of urea groups is 1. The molecular weight excluding hydrogens is 414 g/mol. The number of carbonyl (C=O) groups excluding carboxylic acids is 1. The lowest BCUT2D eigenvalue weighted by atomic mass is 9.97. The van der Waals surface area contributed by atoms with Gasteiger partial charge in [0.05, 0.1) is 31.1 Å². The molecule has 12 nitrogen and oxygen atoms in total. The number of ether oxygens (including phenoxy) is 2. The second kappa shape index (κ2) is 11.9. The molecule has 0 aromatic carbocycles. The molecule has 0 aromatic heterocycles. The zero-order valence-corrected chi connectivity index (χ0v) is 17.3. The lowest BCUT2D eigenvalue weighted by Gasteiger charge is -2.44. The van der Waals surface area contributed by atoms with Crippen molar-refractivity contribution in [1.82, 2.24) is 9.91 Å². The second-order valence-corrected chi connectivity index (χ2v) is 7.64. The minimum Gasteiger partial charge on any atom is -0.392 e. The normalized spacial score (nSPS) is 29.4. The topological polar surface area (TPSA) is 173 Å².